The van der Waals surface area contributed by atoms with Gasteiger partial charge in [0, 0.05) is 23.4 Å². The molecule has 11 heavy (non-hydrogen) atoms. The van der Waals surface area contributed by atoms with Gasteiger partial charge < -0.3 is 5.11 Å². The molecule has 1 aromatic rings. The number of aromatic nitrogens is 1. The SMILES string of the molecule is Cc1ncccc1C([O-])=NI. The zero-order chi connectivity index (χ0) is 8.27. The summed E-state index contributed by atoms with van der Waals surface area (Å²) < 4.78 is 3.51. The van der Waals surface area contributed by atoms with E-state index in [-0.39, 0.29) is 5.90 Å². The largest absolute Gasteiger partial charge is 0.858 e. The summed E-state index contributed by atoms with van der Waals surface area (Å²) in [7, 11) is 0. The molecule has 3 nitrogen and oxygen atoms in total. The van der Waals surface area contributed by atoms with Gasteiger partial charge in [0.05, 0.1) is 22.9 Å². The number of hydrogen-bond donors (Lipinski definition) is 0. The molecule has 0 spiro atoms. The zero-order valence-electron chi connectivity index (χ0n) is 5.91. The van der Waals surface area contributed by atoms with Gasteiger partial charge >= 0.3 is 0 Å². The van der Waals surface area contributed by atoms with Gasteiger partial charge in [-0.2, -0.15) is 0 Å². The van der Waals surface area contributed by atoms with Crippen molar-refractivity contribution in [3.8, 4) is 0 Å². The van der Waals surface area contributed by atoms with Gasteiger partial charge in [-0.05, 0) is 13.0 Å². The summed E-state index contributed by atoms with van der Waals surface area (Å²) in [5, 5.41) is 11.0. The molecule has 4 heteroatoms. The molecule has 0 bridgehead atoms. The molecule has 0 fully saturated rings. The number of hydrogen-bond acceptors (Lipinski definition) is 3. The first-order chi connectivity index (χ1) is 5.25. The van der Waals surface area contributed by atoms with Crippen LogP contribution in [0, 0.1) is 6.92 Å². The van der Waals surface area contributed by atoms with Gasteiger partial charge in [0.25, 0.3) is 0 Å². The van der Waals surface area contributed by atoms with Crippen molar-refractivity contribution >= 4 is 28.8 Å². The van der Waals surface area contributed by atoms with E-state index in [9.17, 15) is 5.11 Å². The molecule has 0 aliphatic carbocycles. The van der Waals surface area contributed by atoms with E-state index in [1.807, 2.05) is 0 Å². The molecule has 0 amide bonds. The van der Waals surface area contributed by atoms with Gasteiger partial charge in [-0.3, -0.25) is 4.98 Å². The molecule has 0 aliphatic heterocycles. The van der Waals surface area contributed by atoms with Crippen LogP contribution in [0.1, 0.15) is 11.3 Å². The Bertz CT molecular complexity index is 286. The number of halogens is 1. The molecular formula is C7H6IN2O-. The Hall–Kier alpha value is -0.650. The maximum atomic E-state index is 11.0. The van der Waals surface area contributed by atoms with Crippen molar-refractivity contribution in [2.24, 2.45) is 3.21 Å². The van der Waals surface area contributed by atoms with E-state index in [0.29, 0.717) is 5.56 Å². The van der Waals surface area contributed by atoms with Crippen molar-refractivity contribution in [2.75, 3.05) is 0 Å². The van der Waals surface area contributed by atoms with Crippen LogP contribution in [0.5, 0.6) is 0 Å². The van der Waals surface area contributed by atoms with Crippen LogP contribution in [-0.2, 0) is 0 Å². The van der Waals surface area contributed by atoms with Crippen LogP contribution in [-0.4, -0.2) is 10.9 Å². The fourth-order valence-corrected chi connectivity index (χ4v) is 1.02. The number of pyridine rings is 1. The molecule has 0 saturated heterocycles. The molecular weight excluding hydrogens is 255 g/mol. The summed E-state index contributed by atoms with van der Waals surface area (Å²) in [4.78, 5) is 3.96. The highest BCUT2D eigenvalue weighted by Gasteiger charge is 1.95. The summed E-state index contributed by atoms with van der Waals surface area (Å²) in [5.74, 6) is -0.226. The van der Waals surface area contributed by atoms with Gasteiger partial charge in [-0.1, -0.05) is 6.07 Å². The molecule has 0 aromatic carbocycles. The fourth-order valence-electron chi connectivity index (χ4n) is 0.756. The molecule has 1 rings (SSSR count). The minimum Gasteiger partial charge on any atom is -0.858 e. The predicted octanol–water partition coefficient (Wildman–Crippen LogP) is 0.847. The first kappa shape index (κ1) is 8.45. The van der Waals surface area contributed by atoms with E-state index in [2.05, 4.69) is 8.19 Å². The molecule has 0 radical (unpaired) electrons. The second-order valence-electron chi connectivity index (χ2n) is 2.03. The van der Waals surface area contributed by atoms with Crippen LogP contribution in [0.2, 0.25) is 0 Å². The predicted molar refractivity (Wildman–Crippen MR) is 49.5 cm³/mol. The summed E-state index contributed by atoms with van der Waals surface area (Å²) in [6, 6.07) is 3.44. The highest BCUT2D eigenvalue weighted by atomic mass is 127. The lowest BCUT2D eigenvalue weighted by atomic mass is 10.2. The van der Waals surface area contributed by atoms with Crippen molar-refractivity contribution in [1.29, 1.82) is 0 Å². The topological polar surface area (TPSA) is 48.3 Å². The highest BCUT2D eigenvalue weighted by molar-refractivity contribution is 14.1. The lowest BCUT2D eigenvalue weighted by Gasteiger charge is -2.09. The van der Waals surface area contributed by atoms with Gasteiger partial charge in [-0.25, -0.2) is 3.21 Å². The minimum absolute atomic E-state index is 0.226. The van der Waals surface area contributed by atoms with E-state index in [1.54, 1.807) is 48.1 Å². The Morgan fingerprint density at radius 3 is 3.00 bits per heavy atom. The van der Waals surface area contributed by atoms with Crippen molar-refractivity contribution in [2.45, 2.75) is 6.92 Å². The molecule has 58 valence electrons. The molecule has 0 saturated carbocycles. The van der Waals surface area contributed by atoms with Crippen LogP contribution in [0.25, 0.3) is 0 Å². The third-order valence-corrected chi connectivity index (χ3v) is 1.75. The third kappa shape index (κ3) is 1.89. The quantitative estimate of drug-likeness (QED) is 0.427. The Morgan fingerprint density at radius 2 is 2.45 bits per heavy atom. The maximum Gasteiger partial charge on any atom is 0.0824 e. The first-order valence-electron chi connectivity index (χ1n) is 3.03. The molecule has 0 atom stereocenters. The molecule has 0 unspecified atom stereocenters. The second kappa shape index (κ2) is 3.66. The Balaban J connectivity index is 3.14. The second-order valence-corrected chi connectivity index (χ2v) is 2.51. The van der Waals surface area contributed by atoms with E-state index in [4.69, 9.17) is 0 Å². The zero-order valence-corrected chi connectivity index (χ0v) is 8.07. The first-order valence-corrected chi connectivity index (χ1v) is 4.00. The summed E-state index contributed by atoms with van der Waals surface area (Å²) in [5.41, 5.74) is 1.29. The Labute approximate surface area is 78.7 Å². The normalized spacial score (nSPS) is 11.6. The number of aryl methyl sites for hydroxylation is 1. The van der Waals surface area contributed by atoms with Crippen LogP contribution in [0.15, 0.2) is 21.5 Å². The van der Waals surface area contributed by atoms with Gasteiger partial charge in [-0.15, -0.1) is 0 Å². The highest BCUT2D eigenvalue weighted by Crippen LogP contribution is 2.03. The number of nitrogens with zero attached hydrogens (tertiary/aromatic N) is 2. The van der Waals surface area contributed by atoms with E-state index < -0.39 is 0 Å². The molecule has 0 N–H and O–H groups in total. The summed E-state index contributed by atoms with van der Waals surface area (Å²) in [6.45, 7) is 1.79. The lowest BCUT2D eigenvalue weighted by molar-refractivity contribution is -0.212. The number of rotatable bonds is 1. The summed E-state index contributed by atoms with van der Waals surface area (Å²) in [6.07, 6.45) is 1.65. The van der Waals surface area contributed by atoms with Crippen molar-refractivity contribution in [3.63, 3.8) is 0 Å². The lowest BCUT2D eigenvalue weighted by Crippen LogP contribution is -2.19. The Morgan fingerprint density at radius 1 is 1.73 bits per heavy atom. The van der Waals surface area contributed by atoms with Crippen LogP contribution < -0.4 is 5.11 Å². The van der Waals surface area contributed by atoms with Crippen molar-refractivity contribution in [3.05, 3.63) is 29.6 Å². The van der Waals surface area contributed by atoms with Crippen LogP contribution in [0.4, 0.5) is 0 Å². The van der Waals surface area contributed by atoms with Gasteiger partial charge in [0.1, 0.15) is 0 Å². The van der Waals surface area contributed by atoms with Crippen LogP contribution >= 0.6 is 22.9 Å². The molecule has 1 heterocycles. The smallest absolute Gasteiger partial charge is 0.0824 e. The van der Waals surface area contributed by atoms with Gasteiger partial charge in [0.2, 0.25) is 0 Å². The Kier molecular flexibility index (Phi) is 2.81. The summed E-state index contributed by atoms with van der Waals surface area (Å²) >= 11 is 1.68. The van der Waals surface area contributed by atoms with Crippen LogP contribution in [0.3, 0.4) is 0 Å². The maximum absolute atomic E-state index is 11.0. The molecule has 1 aromatic heterocycles. The third-order valence-electron chi connectivity index (χ3n) is 1.31. The van der Waals surface area contributed by atoms with Crippen molar-refractivity contribution in [1.82, 2.24) is 4.98 Å². The fraction of sp³-hybridized carbons (Fsp3) is 0.143. The average molecular weight is 261 g/mol. The molecule has 0 aliphatic rings. The minimum atomic E-state index is -0.226. The standard InChI is InChI=1S/C7H7IN2O/c1-5-6(7(11)10-8)3-2-4-9-5/h2-4H,1H3,(H,10,11)/p-1. The van der Waals surface area contributed by atoms with E-state index in [0.717, 1.165) is 5.69 Å². The average Bonchev–Trinajstić information content (AvgIpc) is 2.04. The van der Waals surface area contributed by atoms with E-state index in [1.165, 1.54) is 0 Å². The van der Waals surface area contributed by atoms with Crippen molar-refractivity contribution < 1.29 is 5.11 Å². The monoisotopic (exact) mass is 261 g/mol. The van der Waals surface area contributed by atoms with Gasteiger partial charge in [0.15, 0.2) is 0 Å². The van der Waals surface area contributed by atoms with E-state index >= 15 is 0 Å².